The maximum absolute atomic E-state index is 12.7. The number of amides is 1. The number of hydrogen-bond acceptors (Lipinski definition) is 8. The van der Waals surface area contributed by atoms with Gasteiger partial charge in [0.2, 0.25) is 0 Å². The zero-order valence-electron chi connectivity index (χ0n) is 22.1. The average molecular weight is 564 g/mol. The zero-order valence-corrected chi connectivity index (χ0v) is 22.9. The van der Waals surface area contributed by atoms with Gasteiger partial charge in [0.05, 0.1) is 44.6 Å². The number of nitrogens with zero attached hydrogens (tertiary/aromatic N) is 2. The monoisotopic (exact) mass is 563 g/mol. The molecular formula is C29H29N3O7S. The van der Waals surface area contributed by atoms with Crippen LogP contribution in [0.3, 0.4) is 0 Å². The first-order valence-electron chi connectivity index (χ1n) is 12.6. The van der Waals surface area contributed by atoms with Crippen LogP contribution in [-0.2, 0) is 21.3 Å². The number of aromatic nitrogens is 2. The van der Waals surface area contributed by atoms with Gasteiger partial charge >= 0.3 is 0 Å². The summed E-state index contributed by atoms with van der Waals surface area (Å²) in [4.78, 5) is 12.6. The van der Waals surface area contributed by atoms with Gasteiger partial charge in [-0.05, 0) is 66.2 Å². The molecule has 0 saturated carbocycles. The molecule has 1 fully saturated rings. The summed E-state index contributed by atoms with van der Waals surface area (Å²) in [5, 5.41) is 4.47. The van der Waals surface area contributed by atoms with Crippen LogP contribution in [0.4, 0.5) is 0 Å². The van der Waals surface area contributed by atoms with Crippen LogP contribution in [-0.4, -0.2) is 57.6 Å². The lowest BCUT2D eigenvalue weighted by Gasteiger charge is -2.16. The Hall–Kier alpha value is -4.35. The Labute approximate surface area is 232 Å². The van der Waals surface area contributed by atoms with Gasteiger partial charge in [0.1, 0.15) is 11.9 Å². The van der Waals surface area contributed by atoms with Crippen molar-refractivity contribution in [1.82, 2.24) is 14.5 Å². The summed E-state index contributed by atoms with van der Waals surface area (Å²) in [6, 6.07) is 20.1. The van der Waals surface area contributed by atoms with E-state index in [1.54, 1.807) is 37.6 Å². The smallest absolute Gasteiger partial charge is 0.264 e. The fourth-order valence-electron chi connectivity index (χ4n) is 4.35. The highest BCUT2D eigenvalue weighted by molar-refractivity contribution is 7.90. The van der Waals surface area contributed by atoms with Gasteiger partial charge in [-0.3, -0.25) is 9.48 Å². The number of benzene rings is 3. The number of rotatable bonds is 10. The molecule has 0 aliphatic carbocycles. The molecule has 0 spiro atoms. The highest BCUT2D eigenvalue weighted by Gasteiger charge is 2.21. The normalized spacial score (nSPS) is 15.0. The number of methoxy groups -OCH3 is 2. The summed E-state index contributed by atoms with van der Waals surface area (Å²) in [5.41, 5.74) is 2.89. The van der Waals surface area contributed by atoms with Crippen molar-refractivity contribution in [3.05, 3.63) is 90.1 Å². The summed E-state index contributed by atoms with van der Waals surface area (Å²) in [6.45, 7) is 1.66. The number of hydrogen-bond donors (Lipinski definition) is 1. The summed E-state index contributed by atoms with van der Waals surface area (Å²) < 4.78 is 51.3. The van der Waals surface area contributed by atoms with Crippen LogP contribution in [0.15, 0.2) is 83.9 Å². The molecule has 1 N–H and O–H groups in total. The Kier molecular flexibility index (Phi) is 8.04. The largest absolute Gasteiger partial charge is 0.497 e. The Morgan fingerprint density at radius 3 is 2.45 bits per heavy atom. The van der Waals surface area contributed by atoms with Crippen molar-refractivity contribution >= 4 is 15.9 Å². The molecule has 0 radical (unpaired) electrons. The molecule has 0 bridgehead atoms. The molecule has 1 atom stereocenters. The van der Waals surface area contributed by atoms with Gasteiger partial charge in [0.25, 0.3) is 15.9 Å². The Balaban J connectivity index is 1.28. The van der Waals surface area contributed by atoms with Crippen molar-refractivity contribution in [2.24, 2.45) is 0 Å². The van der Waals surface area contributed by atoms with Gasteiger partial charge in [-0.25, -0.2) is 13.1 Å². The number of carbonyl (C=O) groups excluding carboxylic acids is 1. The fourth-order valence-corrected chi connectivity index (χ4v) is 5.32. The van der Waals surface area contributed by atoms with Gasteiger partial charge in [-0.1, -0.05) is 12.1 Å². The molecule has 3 aromatic carbocycles. The van der Waals surface area contributed by atoms with Crippen LogP contribution in [0, 0.1) is 0 Å². The second-order valence-electron chi connectivity index (χ2n) is 9.15. The van der Waals surface area contributed by atoms with Gasteiger partial charge < -0.3 is 18.9 Å². The lowest BCUT2D eigenvalue weighted by molar-refractivity contribution is 0.0981. The molecule has 1 saturated heterocycles. The molecule has 208 valence electrons. The maximum Gasteiger partial charge on any atom is 0.264 e. The van der Waals surface area contributed by atoms with Gasteiger partial charge in [-0.2, -0.15) is 5.10 Å². The van der Waals surface area contributed by atoms with E-state index in [0.29, 0.717) is 37.0 Å². The van der Waals surface area contributed by atoms with Crippen molar-refractivity contribution in [3.63, 3.8) is 0 Å². The number of carbonyl (C=O) groups is 1. The topological polar surface area (TPSA) is 118 Å². The molecule has 5 rings (SSSR count). The van der Waals surface area contributed by atoms with E-state index in [1.807, 2.05) is 28.9 Å². The summed E-state index contributed by atoms with van der Waals surface area (Å²) in [7, 11) is -0.939. The predicted octanol–water partition coefficient (Wildman–Crippen LogP) is 3.90. The Bertz CT molecular complexity index is 1580. The molecule has 4 aromatic rings. The van der Waals surface area contributed by atoms with Crippen LogP contribution < -0.4 is 18.9 Å². The molecule has 11 heteroatoms. The molecule has 2 heterocycles. The molecule has 10 nitrogen and oxygen atoms in total. The quantitative estimate of drug-likeness (QED) is 0.309. The average Bonchev–Trinajstić information content (AvgIpc) is 3.65. The van der Waals surface area contributed by atoms with Crippen molar-refractivity contribution in [2.45, 2.75) is 24.0 Å². The van der Waals surface area contributed by atoms with Gasteiger partial charge in [0, 0.05) is 23.7 Å². The third-order valence-electron chi connectivity index (χ3n) is 6.50. The molecule has 40 heavy (non-hydrogen) atoms. The van der Waals surface area contributed by atoms with Gasteiger partial charge in [-0.15, -0.1) is 0 Å². The van der Waals surface area contributed by atoms with Crippen molar-refractivity contribution in [3.8, 4) is 28.5 Å². The highest BCUT2D eigenvalue weighted by atomic mass is 32.2. The van der Waals surface area contributed by atoms with E-state index in [4.69, 9.17) is 18.9 Å². The van der Waals surface area contributed by atoms with E-state index in [0.717, 1.165) is 23.2 Å². The fraction of sp³-hybridized carbons (Fsp3) is 0.241. The van der Waals surface area contributed by atoms with Crippen molar-refractivity contribution in [1.29, 1.82) is 0 Å². The second kappa shape index (κ2) is 11.8. The van der Waals surface area contributed by atoms with Crippen LogP contribution >= 0.6 is 0 Å². The van der Waals surface area contributed by atoms with Crippen molar-refractivity contribution < 1.29 is 32.2 Å². The molecule has 1 aromatic heterocycles. The Morgan fingerprint density at radius 1 is 1.00 bits per heavy atom. The van der Waals surface area contributed by atoms with E-state index >= 15 is 0 Å². The lowest BCUT2D eigenvalue weighted by atomic mass is 10.1. The van der Waals surface area contributed by atoms with E-state index in [1.165, 1.54) is 31.4 Å². The first-order valence-corrected chi connectivity index (χ1v) is 14.1. The highest BCUT2D eigenvalue weighted by Crippen LogP contribution is 2.34. The molecule has 1 aliphatic rings. The van der Waals surface area contributed by atoms with Crippen LogP contribution in [0.1, 0.15) is 22.3 Å². The molecule has 0 unspecified atom stereocenters. The second-order valence-corrected chi connectivity index (χ2v) is 10.8. The summed E-state index contributed by atoms with van der Waals surface area (Å²) >= 11 is 0. The maximum atomic E-state index is 12.7. The van der Waals surface area contributed by atoms with Gasteiger partial charge in [0.15, 0.2) is 11.5 Å². The first-order chi connectivity index (χ1) is 19.4. The van der Waals surface area contributed by atoms with E-state index in [9.17, 15) is 13.2 Å². The number of ether oxygens (including phenoxy) is 4. The minimum Gasteiger partial charge on any atom is -0.497 e. The van der Waals surface area contributed by atoms with E-state index < -0.39 is 15.9 Å². The SMILES string of the molecule is COc1ccc(S(=O)(=O)NC(=O)c2ccc(Cn3nccc3-c3ccc(OC)c(O[C@@H]4CCOC4)c3)cc2)cc1. The predicted molar refractivity (Wildman–Crippen MR) is 147 cm³/mol. The third-order valence-corrected chi connectivity index (χ3v) is 7.85. The van der Waals surface area contributed by atoms with Crippen LogP contribution in [0.25, 0.3) is 11.3 Å². The van der Waals surface area contributed by atoms with Crippen molar-refractivity contribution in [2.75, 3.05) is 27.4 Å². The van der Waals surface area contributed by atoms with E-state index in [-0.39, 0.29) is 16.6 Å². The summed E-state index contributed by atoms with van der Waals surface area (Å²) in [6.07, 6.45) is 2.53. The minimum absolute atomic E-state index is 0.0176. The number of nitrogens with one attached hydrogen (secondary N) is 1. The molecular weight excluding hydrogens is 534 g/mol. The van der Waals surface area contributed by atoms with Crippen LogP contribution in [0.5, 0.6) is 17.2 Å². The minimum atomic E-state index is -4.03. The third kappa shape index (κ3) is 6.11. The molecule has 1 amide bonds. The molecule has 1 aliphatic heterocycles. The van der Waals surface area contributed by atoms with E-state index in [2.05, 4.69) is 9.82 Å². The Morgan fingerprint density at radius 2 is 1.77 bits per heavy atom. The standard InChI is InChI=1S/C29H29N3O7S/c1-36-23-8-10-25(11-9-23)40(34,35)31-29(33)21-5-3-20(4-6-21)18-32-26(13-15-30-32)22-7-12-27(37-2)28(17-22)39-24-14-16-38-19-24/h3-13,15,17,24H,14,16,18-19H2,1-2H3,(H,31,33)/t24-/m1/s1. The lowest BCUT2D eigenvalue weighted by Crippen LogP contribution is -2.30. The van der Waals surface area contributed by atoms with Crippen LogP contribution in [0.2, 0.25) is 0 Å². The number of sulfonamides is 1. The zero-order chi connectivity index (χ0) is 28.1. The summed E-state index contributed by atoms with van der Waals surface area (Å²) in [5.74, 6) is 1.08. The first kappa shape index (κ1) is 27.2.